The van der Waals surface area contributed by atoms with Gasteiger partial charge in [0.15, 0.2) is 57.8 Å². The highest BCUT2D eigenvalue weighted by Gasteiger charge is 2.53. The van der Waals surface area contributed by atoms with Crippen molar-refractivity contribution in [3.63, 3.8) is 0 Å². The lowest BCUT2D eigenvalue weighted by molar-refractivity contribution is -0.154. The SMILES string of the molecule is CC(=O)OC[C@H]1O[C@@H](n2c(=O)n(CC(F)(F)F)c3cnc(N)nc32)[C@H](OC(C)=O)[C@@H]1F.C[C@@H]1C[C@@H](CO)O[C@H]1n1c(=O)n(CC(F)(F)F)c2c(=O)[nH]c(N)nc21.C[C@@H]1C[C@@H](CO)O[C@H]1n1c(=O)n(CC2CC2)c2cnc(N)nc21.C[C@@H]1[C@H](F)[C@@H](CO)O[C@H]1n1c(=O)n(CC(F)(F)F)c2c(=O)[nH]c(N)nc21.C[C@@H]1[C@H](F)[C@@H](CO)O[C@H]1n1c(=O)n(CC(F)(F)F)c2cnc(N)nc21. The number of fused-ring (bicyclic) bond motifs is 5. The zero-order valence-corrected chi connectivity index (χ0v) is 68.5. The number of aliphatic hydroxyl groups is 4. The smallest absolute Gasteiger partial charge is 0.406 e. The molecule has 0 aromatic carbocycles. The Morgan fingerprint density at radius 2 is 0.769 bits per heavy atom. The number of nitrogen functional groups attached to an aromatic ring is 5. The number of nitrogens with one attached hydrogen (secondary N) is 2. The van der Waals surface area contributed by atoms with E-state index in [-0.39, 0.29) is 93.2 Å². The maximum absolute atomic E-state index is 14.9. The Labute approximate surface area is 714 Å². The molecule has 714 valence electrons. The minimum absolute atomic E-state index is 0.0482. The van der Waals surface area contributed by atoms with Crippen LogP contribution in [0.3, 0.4) is 0 Å². The van der Waals surface area contributed by atoms with Gasteiger partial charge in [-0.25, -0.2) is 74.9 Å². The van der Waals surface area contributed by atoms with Crippen molar-refractivity contribution in [3.05, 3.63) is 91.7 Å². The Morgan fingerprint density at radius 1 is 0.438 bits per heavy atom. The van der Waals surface area contributed by atoms with Crippen molar-refractivity contribution >= 4 is 97.5 Å². The summed E-state index contributed by atoms with van der Waals surface area (Å²) >= 11 is 0. The van der Waals surface area contributed by atoms with Gasteiger partial charge < -0.3 is 82.3 Å². The number of anilines is 5. The van der Waals surface area contributed by atoms with Crippen LogP contribution in [0.25, 0.3) is 55.8 Å². The van der Waals surface area contributed by atoms with Crippen LogP contribution >= 0.6 is 0 Å². The number of H-pyrrole nitrogens is 2. The maximum Gasteiger partial charge on any atom is 0.406 e. The second kappa shape index (κ2) is 37.4. The molecule has 18 atom stereocenters. The predicted molar refractivity (Wildman–Crippen MR) is 414 cm³/mol. The van der Waals surface area contributed by atoms with E-state index in [2.05, 4.69) is 44.9 Å². The molecule has 6 aliphatic rings. The third kappa shape index (κ3) is 20.2. The second-order valence-electron chi connectivity index (χ2n) is 31.3. The van der Waals surface area contributed by atoms with Gasteiger partial charge in [0.1, 0.15) is 105 Å². The molecule has 15 heterocycles. The lowest BCUT2D eigenvalue weighted by Gasteiger charge is -2.19. The summed E-state index contributed by atoms with van der Waals surface area (Å²) in [6.45, 7) is 0.351. The average Bonchev–Trinajstić information content (AvgIpc) is 1.62. The Morgan fingerprint density at radius 3 is 1.11 bits per heavy atom. The number of imidazole rings is 5. The van der Waals surface area contributed by atoms with Crippen molar-refractivity contribution in [1.82, 2.24) is 95.5 Å². The quantitative estimate of drug-likeness (QED) is 0.0427. The van der Waals surface area contributed by atoms with E-state index in [1.54, 1.807) is 22.3 Å². The van der Waals surface area contributed by atoms with E-state index >= 15 is 0 Å². The first-order valence-corrected chi connectivity index (χ1v) is 39.2. The van der Waals surface area contributed by atoms with Gasteiger partial charge in [-0.05, 0) is 31.6 Å². The van der Waals surface area contributed by atoms with Gasteiger partial charge in [-0.15, -0.1) is 0 Å². The van der Waals surface area contributed by atoms with Crippen LogP contribution in [0.2, 0.25) is 0 Å². The molecule has 5 aliphatic heterocycles. The third-order valence-electron chi connectivity index (χ3n) is 21.5. The van der Waals surface area contributed by atoms with Crippen LogP contribution in [0.5, 0.6) is 0 Å². The fraction of sp³-hybridized carbons (Fsp3) is 0.614. The third-order valence-corrected chi connectivity index (χ3v) is 21.5. The fourth-order valence-electron chi connectivity index (χ4n) is 15.7. The molecule has 5 saturated heterocycles. The zero-order valence-electron chi connectivity index (χ0n) is 68.5. The molecule has 0 spiro atoms. The minimum Gasteiger partial charge on any atom is -0.463 e. The van der Waals surface area contributed by atoms with Crippen LogP contribution < -0.4 is 68.2 Å². The summed E-state index contributed by atoms with van der Waals surface area (Å²) in [7, 11) is 0. The molecule has 0 bridgehead atoms. The highest BCUT2D eigenvalue weighted by molar-refractivity contribution is 5.75. The van der Waals surface area contributed by atoms with Gasteiger partial charge in [0.25, 0.3) is 11.1 Å². The largest absolute Gasteiger partial charge is 0.463 e. The molecule has 6 fully saturated rings. The molecule has 1 saturated carbocycles. The molecular weight excluding hydrogens is 1800 g/mol. The zero-order chi connectivity index (χ0) is 95.6. The molecule has 16 N–H and O–H groups in total. The van der Waals surface area contributed by atoms with Crippen molar-refractivity contribution in [3.8, 4) is 0 Å². The molecule has 45 nitrogen and oxygen atoms in total. The van der Waals surface area contributed by atoms with Crippen LogP contribution in [-0.2, 0) is 75.5 Å². The van der Waals surface area contributed by atoms with E-state index in [1.165, 1.54) is 13.8 Å². The number of aromatic amines is 2. The standard InChI is InChI=1S/C16H17F4N5O6.C15H21N5O3.C13H15F4N5O4.C13H15F4N5O3.C13H16F3N5O4/c1-6(26)29-4-9-10(17)11(30-7(2)27)13(31-9)25-12-8(3-22-14(21)23-12)24(15(25)28)5-16(18,19)20;1-8-4-10(7-21)23-13(8)20-12-11(5-17-14(16)18-12)19(15(20)22)6-9-2-3-9;1-4-6(14)5(2-23)26-10(4)22-8-7(9(24)20-11(18)19-8)21(12(22)25)3-13(15,16)17;1-5-8(14)7(3-23)25-10(5)22-9-6(2-19-11(18)20-9)21(12(22)24)4-13(15,16)17;1-5-2-6(3-22)25-10(5)21-8-7(9(23)19-11(17)18-8)20(12(21)24)4-13(14,15)16/h3,9-11,13H,4-5H2,1-2H3,(H2,21,22,23);5,8-10,13,21H,2-4,6-7H2,1H3,(H2,16,17,18);4-6,10,23H,2-3H2,1H3,(H3,18,19,20,24);2,5,7-8,10,23H,3-4H2,1H3,(H2,18,19,20);5-6,10,22H,2-4H2,1H3,(H3,17,18,19,23)/t9-,10-,11-,13-;8-,10+,13-;4-,5-,6+,10-;5-,7-,8+,10-;5-,6+,10-/m11111/s1. The van der Waals surface area contributed by atoms with E-state index in [9.17, 15) is 119 Å². The van der Waals surface area contributed by atoms with Gasteiger partial charge in [0.05, 0.1) is 57.2 Å². The van der Waals surface area contributed by atoms with Crippen LogP contribution in [-0.4, -0.2) is 241 Å². The summed E-state index contributed by atoms with van der Waals surface area (Å²) in [6.07, 6.45) is -29.5. The molecular formula is C70H84F15N25O20. The fourth-order valence-corrected chi connectivity index (χ4v) is 15.7. The van der Waals surface area contributed by atoms with E-state index < -0.39 is 231 Å². The average molecular weight is 1880 g/mol. The number of rotatable bonds is 18. The monoisotopic (exact) mass is 1880 g/mol. The number of ether oxygens (including phenoxy) is 7. The van der Waals surface area contributed by atoms with Crippen molar-refractivity contribution in [1.29, 1.82) is 0 Å². The Bertz CT molecular complexity index is 6310. The summed E-state index contributed by atoms with van der Waals surface area (Å²) in [5.74, 6) is -4.45. The van der Waals surface area contributed by atoms with Gasteiger partial charge in [0, 0.05) is 44.1 Å². The maximum atomic E-state index is 14.9. The summed E-state index contributed by atoms with van der Waals surface area (Å²) in [4.78, 5) is 145. The number of carbonyl (C=O) groups is 2. The van der Waals surface area contributed by atoms with Gasteiger partial charge in [-0.1, -0.05) is 27.7 Å². The predicted octanol–water partition coefficient (Wildman–Crippen LogP) is 1.41. The summed E-state index contributed by atoms with van der Waals surface area (Å²) < 4.78 is 243. The lowest BCUT2D eigenvalue weighted by atomic mass is 10.0. The normalized spacial score (nSPS) is 25.9. The van der Waals surface area contributed by atoms with E-state index in [0.717, 1.165) is 48.2 Å². The Hall–Kier alpha value is -12.1. The molecule has 1 aliphatic carbocycles. The number of carbonyl (C=O) groups excluding carboxylic acids is 2. The van der Waals surface area contributed by atoms with Gasteiger partial charge in [-0.2, -0.15) is 77.6 Å². The first-order chi connectivity index (χ1) is 60.8. The topological polar surface area (TPSA) is 613 Å². The molecule has 10 aromatic rings. The molecule has 0 unspecified atom stereocenters. The highest BCUT2D eigenvalue weighted by Crippen LogP contribution is 2.43. The van der Waals surface area contributed by atoms with Crippen LogP contribution in [0, 0.1) is 29.6 Å². The van der Waals surface area contributed by atoms with Gasteiger partial charge >= 0.3 is 65.1 Å². The van der Waals surface area contributed by atoms with Gasteiger partial charge in [-0.3, -0.25) is 52.0 Å². The number of aliphatic hydroxyl groups excluding tert-OH is 4. The highest BCUT2D eigenvalue weighted by atomic mass is 19.4. The van der Waals surface area contributed by atoms with Crippen molar-refractivity contribution in [2.45, 2.75) is 211 Å². The molecule has 16 rings (SSSR count). The number of nitrogens with zero attached hydrogens (tertiary/aromatic N) is 18. The number of hydrogen-bond donors (Lipinski definition) is 11. The molecule has 130 heavy (non-hydrogen) atoms. The minimum atomic E-state index is -4.80. The Balaban J connectivity index is 0.000000147. The summed E-state index contributed by atoms with van der Waals surface area (Å²) in [6, 6.07) is 0. The number of hydrogen-bond acceptors (Lipinski definition) is 33. The lowest BCUT2D eigenvalue weighted by Crippen LogP contribution is -2.38. The van der Waals surface area contributed by atoms with Crippen LogP contribution in [0.15, 0.2) is 52.2 Å². The number of nitrogens with two attached hydrogens (primary N) is 5. The van der Waals surface area contributed by atoms with E-state index in [1.807, 2.05) is 11.9 Å². The number of aromatic nitrogens is 20. The number of esters is 2. The molecule has 0 amide bonds. The first kappa shape index (κ1) is 97.0. The summed E-state index contributed by atoms with van der Waals surface area (Å²) in [5.41, 5.74) is 19.0. The van der Waals surface area contributed by atoms with E-state index in [4.69, 9.17) is 72.0 Å². The van der Waals surface area contributed by atoms with Crippen molar-refractivity contribution < 1.29 is 129 Å². The number of alkyl halides is 15. The first-order valence-electron chi connectivity index (χ1n) is 39.2. The number of halogens is 15. The van der Waals surface area contributed by atoms with Crippen LogP contribution in [0.1, 0.15) is 98.4 Å². The van der Waals surface area contributed by atoms with Gasteiger partial charge in [0.2, 0.25) is 29.7 Å². The van der Waals surface area contributed by atoms with E-state index in [0.29, 0.717) is 59.3 Å². The summed E-state index contributed by atoms with van der Waals surface area (Å²) in [5, 5.41) is 36.9. The second-order valence-corrected chi connectivity index (χ2v) is 31.3. The Kier molecular flexibility index (Phi) is 27.9. The van der Waals surface area contributed by atoms with Crippen molar-refractivity contribution in [2.24, 2.45) is 29.6 Å². The molecule has 60 heteroatoms. The van der Waals surface area contributed by atoms with Crippen LogP contribution in [0.4, 0.5) is 95.6 Å². The van der Waals surface area contributed by atoms with Crippen molar-refractivity contribution in [2.75, 3.05) is 61.7 Å². The molecule has 10 aromatic heterocycles. The molecule has 0 radical (unpaired) electrons.